The highest BCUT2D eigenvalue weighted by atomic mass is 14.7. The minimum Gasteiger partial charge on any atom is -0.285 e. The van der Waals surface area contributed by atoms with Gasteiger partial charge in [0.25, 0.3) is 0 Å². The largest absolute Gasteiger partial charge is 0.285 e. The van der Waals surface area contributed by atoms with Gasteiger partial charge in [-0.1, -0.05) is 25.7 Å². The lowest BCUT2D eigenvalue weighted by atomic mass is 10.1. The van der Waals surface area contributed by atoms with E-state index in [0.29, 0.717) is 0 Å². The topological polar surface area (TPSA) is 12.4 Å². The van der Waals surface area contributed by atoms with Crippen molar-refractivity contribution in [2.75, 3.05) is 6.54 Å². The van der Waals surface area contributed by atoms with Crippen LogP contribution in [0, 0.1) is 0 Å². The maximum atomic E-state index is 4.34. The Balaban J connectivity index is 2.57. The number of nitrogens with zero attached hydrogens (tertiary/aromatic N) is 1. The standard InChI is InChI=1S/C10H13N/c1-3-8-11-10-6-4-9(2)5-7-10/h4-7H,2-3,8H2,1H3. The van der Waals surface area contributed by atoms with Crippen molar-refractivity contribution < 1.29 is 0 Å². The summed E-state index contributed by atoms with van der Waals surface area (Å²) in [5.74, 6) is 0. The van der Waals surface area contributed by atoms with Crippen LogP contribution in [0.1, 0.15) is 13.3 Å². The summed E-state index contributed by atoms with van der Waals surface area (Å²) in [6.45, 7) is 6.84. The molecule has 1 nitrogen and oxygen atoms in total. The van der Waals surface area contributed by atoms with E-state index >= 15 is 0 Å². The zero-order valence-electron chi connectivity index (χ0n) is 6.88. The molecular formula is C10H13N. The van der Waals surface area contributed by atoms with Crippen LogP contribution in [0.3, 0.4) is 0 Å². The molecular weight excluding hydrogens is 134 g/mol. The molecule has 0 bridgehead atoms. The SMILES string of the molecule is C=C1C=CC(=NCCC)C=C1. The van der Waals surface area contributed by atoms with Crippen LogP contribution in [0.4, 0.5) is 0 Å². The van der Waals surface area contributed by atoms with Crippen LogP contribution in [0.5, 0.6) is 0 Å². The second-order valence-corrected chi connectivity index (χ2v) is 2.55. The van der Waals surface area contributed by atoms with E-state index in [2.05, 4.69) is 18.5 Å². The van der Waals surface area contributed by atoms with Gasteiger partial charge in [-0.05, 0) is 24.1 Å². The number of hydrogen-bond donors (Lipinski definition) is 0. The normalized spacial score (nSPS) is 15.7. The van der Waals surface area contributed by atoms with E-state index in [1.807, 2.05) is 24.3 Å². The summed E-state index contributed by atoms with van der Waals surface area (Å²) in [6.07, 6.45) is 9.06. The minimum atomic E-state index is 0.913. The summed E-state index contributed by atoms with van der Waals surface area (Å²) >= 11 is 0. The highest BCUT2D eigenvalue weighted by Gasteiger charge is 1.93. The van der Waals surface area contributed by atoms with Gasteiger partial charge < -0.3 is 0 Å². The Morgan fingerprint density at radius 1 is 1.27 bits per heavy atom. The first-order valence-corrected chi connectivity index (χ1v) is 3.92. The molecule has 0 N–H and O–H groups in total. The molecule has 58 valence electrons. The lowest BCUT2D eigenvalue weighted by molar-refractivity contribution is 0.934. The average Bonchev–Trinajstić information content (AvgIpc) is 2.04. The Hall–Kier alpha value is -1.11. The molecule has 0 spiro atoms. The molecule has 0 aromatic carbocycles. The first kappa shape index (κ1) is 7.99. The third kappa shape index (κ3) is 2.54. The molecule has 1 heteroatoms. The second-order valence-electron chi connectivity index (χ2n) is 2.55. The summed E-state index contributed by atoms with van der Waals surface area (Å²) in [7, 11) is 0. The zero-order chi connectivity index (χ0) is 8.10. The lowest BCUT2D eigenvalue weighted by Crippen LogP contribution is -1.94. The van der Waals surface area contributed by atoms with Crippen molar-refractivity contribution in [3.05, 3.63) is 36.5 Å². The summed E-state index contributed by atoms with van der Waals surface area (Å²) in [5.41, 5.74) is 2.10. The van der Waals surface area contributed by atoms with Gasteiger partial charge in [0.05, 0.1) is 5.71 Å². The molecule has 0 aromatic heterocycles. The van der Waals surface area contributed by atoms with Crippen molar-refractivity contribution in [3.63, 3.8) is 0 Å². The van der Waals surface area contributed by atoms with Crippen LogP contribution < -0.4 is 0 Å². The predicted octanol–water partition coefficient (Wildman–Crippen LogP) is 2.52. The van der Waals surface area contributed by atoms with Crippen LogP contribution in [-0.2, 0) is 0 Å². The minimum absolute atomic E-state index is 0.913. The maximum Gasteiger partial charge on any atom is 0.0574 e. The highest BCUT2D eigenvalue weighted by molar-refractivity contribution is 6.05. The van der Waals surface area contributed by atoms with E-state index in [1.54, 1.807) is 0 Å². The van der Waals surface area contributed by atoms with Crippen LogP contribution in [0.15, 0.2) is 41.4 Å². The molecule has 0 unspecified atom stereocenters. The number of aliphatic imine (C=N–C) groups is 1. The second kappa shape index (κ2) is 3.91. The predicted molar refractivity (Wildman–Crippen MR) is 50.0 cm³/mol. The molecule has 1 aliphatic carbocycles. The molecule has 1 rings (SSSR count). The Bertz CT molecular complexity index is 213. The van der Waals surface area contributed by atoms with E-state index in [-0.39, 0.29) is 0 Å². The molecule has 0 radical (unpaired) electrons. The summed E-state index contributed by atoms with van der Waals surface area (Å²) < 4.78 is 0. The number of allylic oxidation sites excluding steroid dienone is 5. The van der Waals surface area contributed by atoms with Crippen molar-refractivity contribution in [1.82, 2.24) is 0 Å². The molecule has 0 fully saturated rings. The van der Waals surface area contributed by atoms with Gasteiger partial charge in [-0.25, -0.2) is 0 Å². The Kier molecular flexibility index (Phi) is 2.84. The van der Waals surface area contributed by atoms with Crippen LogP contribution >= 0.6 is 0 Å². The summed E-state index contributed by atoms with van der Waals surface area (Å²) in [5, 5.41) is 0. The van der Waals surface area contributed by atoms with E-state index in [4.69, 9.17) is 0 Å². The third-order valence-electron chi connectivity index (χ3n) is 1.45. The van der Waals surface area contributed by atoms with E-state index in [0.717, 1.165) is 24.3 Å². The molecule has 0 aliphatic heterocycles. The monoisotopic (exact) mass is 147 g/mol. The fourth-order valence-corrected chi connectivity index (χ4v) is 0.842. The molecule has 1 aliphatic rings. The smallest absolute Gasteiger partial charge is 0.0574 e. The zero-order valence-corrected chi connectivity index (χ0v) is 6.88. The van der Waals surface area contributed by atoms with Crippen molar-refractivity contribution in [2.45, 2.75) is 13.3 Å². The van der Waals surface area contributed by atoms with E-state index in [1.165, 1.54) is 0 Å². The fourth-order valence-electron chi connectivity index (χ4n) is 0.842. The van der Waals surface area contributed by atoms with Gasteiger partial charge in [-0.15, -0.1) is 0 Å². The van der Waals surface area contributed by atoms with Gasteiger partial charge in [0.15, 0.2) is 0 Å². The van der Waals surface area contributed by atoms with Crippen molar-refractivity contribution >= 4 is 5.71 Å². The van der Waals surface area contributed by atoms with Crippen LogP contribution in [0.2, 0.25) is 0 Å². The fraction of sp³-hybridized carbons (Fsp3) is 0.300. The van der Waals surface area contributed by atoms with Gasteiger partial charge in [0.2, 0.25) is 0 Å². The van der Waals surface area contributed by atoms with Crippen molar-refractivity contribution in [2.24, 2.45) is 4.99 Å². The van der Waals surface area contributed by atoms with Gasteiger partial charge >= 0.3 is 0 Å². The highest BCUT2D eigenvalue weighted by Crippen LogP contribution is 2.03. The van der Waals surface area contributed by atoms with Gasteiger partial charge in [0, 0.05) is 6.54 Å². The molecule has 0 aromatic rings. The molecule has 0 atom stereocenters. The van der Waals surface area contributed by atoms with Crippen LogP contribution in [0.25, 0.3) is 0 Å². The molecule has 11 heavy (non-hydrogen) atoms. The number of hydrogen-bond acceptors (Lipinski definition) is 1. The summed E-state index contributed by atoms with van der Waals surface area (Å²) in [6, 6.07) is 0. The Labute approximate surface area is 67.8 Å². The van der Waals surface area contributed by atoms with Gasteiger partial charge in [-0.3, -0.25) is 4.99 Å². The Morgan fingerprint density at radius 2 is 1.91 bits per heavy atom. The Morgan fingerprint density at radius 3 is 2.45 bits per heavy atom. The first-order chi connectivity index (χ1) is 5.33. The summed E-state index contributed by atoms with van der Waals surface area (Å²) in [4.78, 5) is 4.34. The number of rotatable bonds is 2. The first-order valence-electron chi connectivity index (χ1n) is 3.92. The third-order valence-corrected chi connectivity index (χ3v) is 1.45. The van der Waals surface area contributed by atoms with Gasteiger partial charge in [-0.2, -0.15) is 0 Å². The van der Waals surface area contributed by atoms with Crippen molar-refractivity contribution in [1.29, 1.82) is 0 Å². The van der Waals surface area contributed by atoms with Crippen LogP contribution in [-0.4, -0.2) is 12.3 Å². The maximum absolute atomic E-state index is 4.34. The molecule has 0 saturated carbocycles. The van der Waals surface area contributed by atoms with Crippen molar-refractivity contribution in [3.8, 4) is 0 Å². The molecule has 0 amide bonds. The molecule has 0 heterocycles. The van der Waals surface area contributed by atoms with Gasteiger partial charge in [0.1, 0.15) is 0 Å². The average molecular weight is 147 g/mol. The molecule has 0 saturated heterocycles. The van der Waals surface area contributed by atoms with E-state index < -0.39 is 0 Å². The lowest BCUT2D eigenvalue weighted by Gasteiger charge is -1.99. The van der Waals surface area contributed by atoms with E-state index in [9.17, 15) is 0 Å². The quantitative estimate of drug-likeness (QED) is 0.569.